The topological polar surface area (TPSA) is 46.3 Å². The summed E-state index contributed by atoms with van der Waals surface area (Å²) in [5.74, 6) is 0.702. The van der Waals surface area contributed by atoms with Crippen molar-refractivity contribution in [3.63, 3.8) is 0 Å². The molecule has 0 spiro atoms. The summed E-state index contributed by atoms with van der Waals surface area (Å²) in [6, 6.07) is 0.333. The molecule has 0 radical (unpaired) electrons. The zero-order valence-corrected chi connectivity index (χ0v) is 9.45. The van der Waals surface area contributed by atoms with Gasteiger partial charge >= 0.3 is 0 Å². The molecule has 1 aliphatic heterocycles. The Morgan fingerprint density at radius 1 is 1.13 bits per heavy atom. The molecule has 1 saturated carbocycles. The highest BCUT2D eigenvalue weighted by molar-refractivity contribution is 5.79. The van der Waals surface area contributed by atoms with Crippen LogP contribution >= 0.6 is 0 Å². The van der Waals surface area contributed by atoms with Gasteiger partial charge < -0.3 is 10.6 Å². The molecule has 2 aliphatic rings. The molecule has 1 heterocycles. The van der Waals surface area contributed by atoms with Crippen molar-refractivity contribution >= 4 is 5.91 Å². The molecular weight excluding hydrogens is 188 g/mol. The van der Waals surface area contributed by atoms with E-state index in [2.05, 4.69) is 4.90 Å². The van der Waals surface area contributed by atoms with Crippen LogP contribution in [0.1, 0.15) is 44.9 Å². The summed E-state index contributed by atoms with van der Waals surface area (Å²) in [7, 11) is 0. The lowest BCUT2D eigenvalue weighted by atomic mass is 9.88. The van der Waals surface area contributed by atoms with Gasteiger partial charge in [0.1, 0.15) is 0 Å². The van der Waals surface area contributed by atoms with Crippen LogP contribution in [0.15, 0.2) is 0 Å². The van der Waals surface area contributed by atoms with Gasteiger partial charge in [-0.2, -0.15) is 0 Å². The summed E-state index contributed by atoms with van der Waals surface area (Å²) in [5, 5.41) is 0. The first kappa shape index (κ1) is 10.9. The van der Waals surface area contributed by atoms with Crippen molar-refractivity contribution in [3.05, 3.63) is 0 Å². The number of amides is 1. The minimum absolute atomic E-state index is 0.311. The maximum Gasteiger partial charge on any atom is 0.225 e. The van der Waals surface area contributed by atoms with E-state index in [1.165, 1.54) is 19.3 Å². The number of carbonyl (C=O) groups excluding carboxylic acids is 1. The summed E-state index contributed by atoms with van der Waals surface area (Å²) in [6.45, 7) is 1.58. The maximum atomic E-state index is 12.2. The van der Waals surface area contributed by atoms with E-state index in [9.17, 15) is 4.79 Å². The van der Waals surface area contributed by atoms with Gasteiger partial charge in [-0.15, -0.1) is 0 Å². The van der Waals surface area contributed by atoms with Crippen molar-refractivity contribution in [3.8, 4) is 0 Å². The van der Waals surface area contributed by atoms with Crippen molar-refractivity contribution < 1.29 is 4.79 Å². The lowest BCUT2D eigenvalue weighted by Gasteiger charge is -2.30. The van der Waals surface area contributed by atoms with Crippen LogP contribution in [0, 0.1) is 5.92 Å². The minimum atomic E-state index is 0.311. The molecule has 1 amide bonds. The van der Waals surface area contributed by atoms with Crippen LogP contribution in [-0.2, 0) is 4.79 Å². The molecule has 3 heteroatoms. The third-order valence-corrected chi connectivity index (χ3v) is 3.89. The average Bonchev–Trinajstić information content (AvgIpc) is 2.77. The summed E-state index contributed by atoms with van der Waals surface area (Å²) in [4.78, 5) is 14.3. The van der Waals surface area contributed by atoms with Gasteiger partial charge in [-0.05, 0) is 25.7 Å². The Bertz CT molecular complexity index is 224. The smallest absolute Gasteiger partial charge is 0.225 e. The molecule has 0 aromatic heterocycles. The summed E-state index contributed by atoms with van der Waals surface area (Å²) >= 11 is 0. The SMILES string of the molecule is NC[C@@H]1CCCN1C(=O)C1CCCCC1. The van der Waals surface area contributed by atoms with E-state index >= 15 is 0 Å². The van der Waals surface area contributed by atoms with E-state index in [0.29, 0.717) is 24.4 Å². The molecule has 1 saturated heterocycles. The van der Waals surface area contributed by atoms with Gasteiger partial charge in [0.05, 0.1) is 0 Å². The highest BCUT2D eigenvalue weighted by atomic mass is 16.2. The van der Waals surface area contributed by atoms with E-state index in [-0.39, 0.29) is 0 Å². The molecule has 0 aromatic rings. The fourth-order valence-corrected chi connectivity index (χ4v) is 2.95. The number of hydrogen-bond donors (Lipinski definition) is 1. The van der Waals surface area contributed by atoms with Crippen LogP contribution in [0.4, 0.5) is 0 Å². The molecule has 86 valence electrons. The molecule has 0 aromatic carbocycles. The van der Waals surface area contributed by atoms with E-state index in [4.69, 9.17) is 5.73 Å². The highest BCUT2D eigenvalue weighted by Crippen LogP contribution is 2.28. The van der Waals surface area contributed by atoms with Crippen LogP contribution in [-0.4, -0.2) is 29.9 Å². The van der Waals surface area contributed by atoms with Gasteiger partial charge in [-0.25, -0.2) is 0 Å². The van der Waals surface area contributed by atoms with Gasteiger partial charge in [0, 0.05) is 25.0 Å². The summed E-state index contributed by atoms with van der Waals surface area (Å²) in [6.07, 6.45) is 8.23. The van der Waals surface area contributed by atoms with Crippen molar-refractivity contribution in [2.24, 2.45) is 11.7 Å². The van der Waals surface area contributed by atoms with Crippen LogP contribution in [0.5, 0.6) is 0 Å². The monoisotopic (exact) mass is 210 g/mol. The largest absolute Gasteiger partial charge is 0.338 e. The second-order valence-electron chi connectivity index (χ2n) is 4.90. The Hall–Kier alpha value is -0.570. The Kier molecular flexibility index (Phi) is 3.62. The Balaban J connectivity index is 1.93. The van der Waals surface area contributed by atoms with Gasteiger partial charge in [-0.3, -0.25) is 4.79 Å². The normalized spacial score (nSPS) is 28.3. The molecule has 0 bridgehead atoms. The minimum Gasteiger partial charge on any atom is -0.338 e. The zero-order valence-electron chi connectivity index (χ0n) is 9.45. The fraction of sp³-hybridized carbons (Fsp3) is 0.917. The Morgan fingerprint density at radius 3 is 2.53 bits per heavy atom. The number of carbonyl (C=O) groups is 1. The predicted octanol–water partition coefficient (Wildman–Crippen LogP) is 1.52. The molecule has 0 unspecified atom stereocenters. The van der Waals surface area contributed by atoms with Crippen molar-refractivity contribution in [2.75, 3.05) is 13.1 Å². The first-order valence-electron chi connectivity index (χ1n) is 6.33. The van der Waals surface area contributed by atoms with Crippen LogP contribution in [0.3, 0.4) is 0 Å². The van der Waals surface area contributed by atoms with E-state index in [1.54, 1.807) is 0 Å². The first-order valence-corrected chi connectivity index (χ1v) is 6.33. The van der Waals surface area contributed by atoms with Crippen LogP contribution in [0.2, 0.25) is 0 Å². The van der Waals surface area contributed by atoms with Gasteiger partial charge in [0.25, 0.3) is 0 Å². The molecular formula is C12H22N2O. The van der Waals surface area contributed by atoms with E-state index in [1.807, 2.05) is 0 Å². The molecule has 1 aliphatic carbocycles. The first-order chi connectivity index (χ1) is 7.33. The zero-order chi connectivity index (χ0) is 10.7. The molecule has 15 heavy (non-hydrogen) atoms. The molecule has 1 atom stereocenters. The average molecular weight is 210 g/mol. The standard InChI is InChI=1S/C12H22N2O/c13-9-11-7-4-8-14(11)12(15)10-5-2-1-3-6-10/h10-11H,1-9,13H2/t11-/m0/s1. The Labute approximate surface area is 92.0 Å². The third kappa shape index (κ3) is 2.33. The van der Waals surface area contributed by atoms with E-state index in [0.717, 1.165) is 32.2 Å². The summed E-state index contributed by atoms with van der Waals surface area (Å²) in [5.41, 5.74) is 5.70. The number of likely N-dealkylation sites (tertiary alicyclic amines) is 1. The maximum absolute atomic E-state index is 12.2. The van der Waals surface area contributed by atoms with Crippen molar-refractivity contribution in [1.29, 1.82) is 0 Å². The second-order valence-corrected chi connectivity index (χ2v) is 4.90. The molecule has 2 rings (SSSR count). The number of nitrogens with two attached hydrogens (primary N) is 1. The lowest BCUT2D eigenvalue weighted by molar-refractivity contribution is -0.137. The number of rotatable bonds is 2. The third-order valence-electron chi connectivity index (χ3n) is 3.89. The molecule has 2 N–H and O–H groups in total. The number of nitrogens with zero attached hydrogens (tertiary/aromatic N) is 1. The Morgan fingerprint density at radius 2 is 1.87 bits per heavy atom. The lowest BCUT2D eigenvalue weighted by Crippen LogP contribution is -2.43. The van der Waals surface area contributed by atoms with Crippen LogP contribution in [0.25, 0.3) is 0 Å². The van der Waals surface area contributed by atoms with Crippen molar-refractivity contribution in [1.82, 2.24) is 4.90 Å². The van der Waals surface area contributed by atoms with Crippen molar-refractivity contribution in [2.45, 2.75) is 51.0 Å². The predicted molar refractivity (Wildman–Crippen MR) is 60.4 cm³/mol. The van der Waals surface area contributed by atoms with Gasteiger partial charge in [0.15, 0.2) is 0 Å². The highest BCUT2D eigenvalue weighted by Gasteiger charge is 2.32. The van der Waals surface area contributed by atoms with Gasteiger partial charge in [-0.1, -0.05) is 19.3 Å². The fourth-order valence-electron chi connectivity index (χ4n) is 2.95. The molecule has 3 nitrogen and oxygen atoms in total. The number of hydrogen-bond acceptors (Lipinski definition) is 2. The second kappa shape index (κ2) is 4.97. The van der Waals surface area contributed by atoms with Gasteiger partial charge in [0.2, 0.25) is 5.91 Å². The molecule has 2 fully saturated rings. The summed E-state index contributed by atoms with van der Waals surface area (Å²) < 4.78 is 0. The van der Waals surface area contributed by atoms with Crippen LogP contribution < -0.4 is 5.73 Å². The quantitative estimate of drug-likeness (QED) is 0.751. The van der Waals surface area contributed by atoms with E-state index < -0.39 is 0 Å².